The molecule has 3 heterocycles. The van der Waals surface area contributed by atoms with E-state index in [4.69, 9.17) is 0 Å². The van der Waals surface area contributed by atoms with Gasteiger partial charge in [-0.1, -0.05) is 39.8 Å². The molecule has 1 aliphatic rings. The minimum atomic E-state index is 0.210. The van der Waals surface area contributed by atoms with Crippen molar-refractivity contribution in [2.75, 3.05) is 18.8 Å². The van der Waals surface area contributed by atoms with E-state index in [9.17, 15) is 4.79 Å². The first-order chi connectivity index (χ1) is 12.7. The molecule has 3 aromatic rings. The Labute approximate surface area is 169 Å². The number of benzene rings is 1. The molecule has 0 saturated carbocycles. The van der Waals surface area contributed by atoms with Crippen LogP contribution >= 0.6 is 39.0 Å². The zero-order valence-electron chi connectivity index (χ0n) is 14.2. The Hall–Kier alpha value is -1.44. The van der Waals surface area contributed by atoms with Gasteiger partial charge in [-0.05, 0) is 37.0 Å². The van der Waals surface area contributed by atoms with E-state index in [1.54, 1.807) is 17.7 Å². The number of aromatic nitrogens is 2. The SMILES string of the molecule is O=C(CSc1ncnc2scc(-c3ccc(Br)cc3)c12)N1CCCCC1. The lowest BCUT2D eigenvalue weighted by atomic mass is 10.1. The highest BCUT2D eigenvalue weighted by Crippen LogP contribution is 2.38. The lowest BCUT2D eigenvalue weighted by molar-refractivity contribution is -0.129. The first kappa shape index (κ1) is 17.9. The number of piperidine rings is 1. The maximum Gasteiger partial charge on any atom is 0.232 e. The van der Waals surface area contributed by atoms with Crippen molar-refractivity contribution in [2.24, 2.45) is 0 Å². The third kappa shape index (κ3) is 3.80. The summed E-state index contributed by atoms with van der Waals surface area (Å²) in [5.41, 5.74) is 2.27. The van der Waals surface area contributed by atoms with Crippen LogP contribution in [-0.2, 0) is 4.79 Å². The molecule has 1 amide bonds. The Morgan fingerprint density at radius 2 is 1.92 bits per heavy atom. The summed E-state index contributed by atoms with van der Waals surface area (Å²) in [5, 5.41) is 4.06. The molecule has 1 fully saturated rings. The van der Waals surface area contributed by atoms with Gasteiger partial charge in [0.25, 0.3) is 0 Å². The largest absolute Gasteiger partial charge is 0.342 e. The molecule has 0 bridgehead atoms. The second kappa shape index (κ2) is 8.06. The number of likely N-dealkylation sites (tertiary alicyclic amines) is 1. The van der Waals surface area contributed by atoms with Gasteiger partial charge in [-0.25, -0.2) is 9.97 Å². The maximum atomic E-state index is 12.5. The summed E-state index contributed by atoms with van der Waals surface area (Å²) in [6.07, 6.45) is 5.06. The molecular weight excluding hydrogens is 430 g/mol. The minimum absolute atomic E-state index is 0.210. The molecule has 1 aliphatic heterocycles. The van der Waals surface area contributed by atoms with E-state index >= 15 is 0 Å². The number of thioether (sulfide) groups is 1. The topological polar surface area (TPSA) is 46.1 Å². The van der Waals surface area contributed by atoms with Crippen molar-refractivity contribution in [3.63, 3.8) is 0 Å². The number of halogens is 1. The normalized spacial score (nSPS) is 14.7. The number of carbonyl (C=O) groups is 1. The van der Waals surface area contributed by atoms with E-state index in [0.29, 0.717) is 5.75 Å². The van der Waals surface area contributed by atoms with Crippen molar-refractivity contribution in [2.45, 2.75) is 24.3 Å². The molecule has 0 unspecified atom stereocenters. The van der Waals surface area contributed by atoms with E-state index in [2.05, 4.69) is 43.4 Å². The van der Waals surface area contributed by atoms with Crippen LogP contribution in [0.4, 0.5) is 0 Å². The van der Waals surface area contributed by atoms with Gasteiger partial charge < -0.3 is 4.90 Å². The molecule has 0 spiro atoms. The maximum absolute atomic E-state index is 12.5. The van der Waals surface area contributed by atoms with Crippen molar-refractivity contribution in [1.29, 1.82) is 0 Å². The lowest BCUT2D eigenvalue weighted by Crippen LogP contribution is -2.36. The fourth-order valence-corrected chi connectivity index (χ4v) is 5.32. The highest BCUT2D eigenvalue weighted by molar-refractivity contribution is 9.10. The number of nitrogens with zero attached hydrogens (tertiary/aromatic N) is 3. The van der Waals surface area contributed by atoms with Crippen LogP contribution in [0.2, 0.25) is 0 Å². The smallest absolute Gasteiger partial charge is 0.232 e. The number of hydrogen-bond acceptors (Lipinski definition) is 5. The molecule has 0 N–H and O–H groups in total. The quantitative estimate of drug-likeness (QED) is 0.405. The zero-order valence-corrected chi connectivity index (χ0v) is 17.4. The molecule has 7 heteroatoms. The number of fused-ring (bicyclic) bond motifs is 1. The second-order valence-electron chi connectivity index (χ2n) is 6.25. The van der Waals surface area contributed by atoms with Gasteiger partial charge in [0.1, 0.15) is 16.2 Å². The Balaban J connectivity index is 1.59. The number of hydrogen-bond donors (Lipinski definition) is 0. The summed E-state index contributed by atoms with van der Waals surface area (Å²) in [7, 11) is 0. The van der Waals surface area contributed by atoms with Gasteiger partial charge in [0.05, 0.1) is 11.1 Å². The molecule has 4 rings (SSSR count). The van der Waals surface area contributed by atoms with E-state index in [-0.39, 0.29) is 5.91 Å². The molecule has 26 heavy (non-hydrogen) atoms. The first-order valence-corrected chi connectivity index (χ1v) is 11.3. The predicted molar refractivity (Wildman–Crippen MR) is 112 cm³/mol. The molecule has 0 atom stereocenters. The summed E-state index contributed by atoms with van der Waals surface area (Å²) in [6.45, 7) is 1.78. The second-order valence-corrected chi connectivity index (χ2v) is 8.98. The number of carbonyl (C=O) groups excluding carboxylic acids is 1. The average molecular weight is 448 g/mol. The van der Waals surface area contributed by atoms with Crippen LogP contribution in [0.3, 0.4) is 0 Å². The first-order valence-electron chi connectivity index (χ1n) is 8.61. The highest BCUT2D eigenvalue weighted by Gasteiger charge is 2.19. The van der Waals surface area contributed by atoms with Crippen LogP contribution in [0.25, 0.3) is 21.3 Å². The molecule has 2 aromatic heterocycles. The van der Waals surface area contributed by atoms with Crippen LogP contribution in [0.1, 0.15) is 19.3 Å². The zero-order chi connectivity index (χ0) is 17.9. The predicted octanol–water partition coefficient (Wildman–Crippen LogP) is 5.23. The monoisotopic (exact) mass is 447 g/mol. The van der Waals surface area contributed by atoms with Crippen LogP contribution in [0, 0.1) is 0 Å². The minimum Gasteiger partial charge on any atom is -0.342 e. The molecule has 1 aromatic carbocycles. The number of thiophene rings is 1. The Morgan fingerprint density at radius 1 is 1.15 bits per heavy atom. The summed E-state index contributed by atoms with van der Waals surface area (Å²) < 4.78 is 1.05. The van der Waals surface area contributed by atoms with Gasteiger partial charge in [0.2, 0.25) is 5.91 Å². The molecule has 0 radical (unpaired) electrons. The van der Waals surface area contributed by atoms with E-state index in [1.807, 2.05) is 17.0 Å². The fraction of sp³-hybridized carbons (Fsp3) is 0.316. The van der Waals surface area contributed by atoms with Gasteiger partial charge >= 0.3 is 0 Å². The lowest BCUT2D eigenvalue weighted by Gasteiger charge is -2.26. The van der Waals surface area contributed by atoms with Crippen LogP contribution in [-0.4, -0.2) is 39.6 Å². The molecule has 4 nitrogen and oxygen atoms in total. The van der Waals surface area contributed by atoms with Crippen LogP contribution in [0.15, 0.2) is 45.5 Å². The van der Waals surface area contributed by atoms with Crippen molar-refractivity contribution in [3.8, 4) is 11.1 Å². The van der Waals surface area contributed by atoms with Gasteiger partial charge in [-0.3, -0.25) is 4.79 Å². The van der Waals surface area contributed by atoms with Gasteiger partial charge in [-0.15, -0.1) is 11.3 Å². The third-order valence-corrected chi connectivity index (χ3v) is 6.92. The third-order valence-electron chi connectivity index (χ3n) is 4.53. The Kier molecular flexibility index (Phi) is 5.57. The van der Waals surface area contributed by atoms with Gasteiger partial charge in [0.15, 0.2) is 0 Å². The van der Waals surface area contributed by atoms with Crippen LogP contribution in [0.5, 0.6) is 0 Å². The summed E-state index contributed by atoms with van der Waals surface area (Å²) in [6, 6.07) is 8.25. The van der Waals surface area contributed by atoms with Crippen molar-refractivity contribution in [3.05, 3.63) is 40.4 Å². The standard InChI is InChI=1S/C19H18BrN3OS2/c20-14-6-4-13(5-7-14)15-10-25-18-17(15)19(22-12-21-18)26-11-16(24)23-8-2-1-3-9-23/h4-7,10,12H,1-3,8-9,11H2. The fourth-order valence-electron chi connectivity index (χ4n) is 3.16. The number of amides is 1. The average Bonchev–Trinajstić information content (AvgIpc) is 3.12. The van der Waals surface area contributed by atoms with Crippen molar-refractivity contribution < 1.29 is 4.79 Å². The van der Waals surface area contributed by atoms with Crippen LogP contribution < -0.4 is 0 Å². The van der Waals surface area contributed by atoms with E-state index in [0.717, 1.165) is 56.8 Å². The summed E-state index contributed by atoms with van der Waals surface area (Å²) in [4.78, 5) is 24.3. The van der Waals surface area contributed by atoms with Crippen molar-refractivity contribution in [1.82, 2.24) is 14.9 Å². The number of rotatable bonds is 4. The highest BCUT2D eigenvalue weighted by atomic mass is 79.9. The van der Waals surface area contributed by atoms with Crippen molar-refractivity contribution >= 4 is 55.2 Å². The van der Waals surface area contributed by atoms with E-state index < -0.39 is 0 Å². The Bertz CT molecular complexity index is 920. The Morgan fingerprint density at radius 3 is 2.69 bits per heavy atom. The molecule has 1 saturated heterocycles. The molecular formula is C19H18BrN3OS2. The molecule has 0 aliphatic carbocycles. The summed E-state index contributed by atoms with van der Waals surface area (Å²) in [5.74, 6) is 0.642. The molecule has 134 valence electrons. The summed E-state index contributed by atoms with van der Waals surface area (Å²) >= 11 is 6.62. The van der Waals surface area contributed by atoms with E-state index in [1.165, 1.54) is 18.2 Å². The van der Waals surface area contributed by atoms with Gasteiger partial charge in [-0.2, -0.15) is 0 Å². The van der Waals surface area contributed by atoms with Gasteiger partial charge in [0, 0.05) is 28.5 Å².